The van der Waals surface area contributed by atoms with Gasteiger partial charge in [0.1, 0.15) is 11.4 Å². The van der Waals surface area contributed by atoms with E-state index in [9.17, 15) is 0 Å². The van der Waals surface area contributed by atoms with Crippen LogP contribution in [0.3, 0.4) is 0 Å². The van der Waals surface area contributed by atoms with E-state index in [1.165, 1.54) is 33.5 Å². The number of aromatic nitrogens is 2. The smallest absolute Gasteiger partial charge is 0.195 e. The molecule has 0 fully saturated rings. The minimum absolute atomic E-state index is 1.18. The molecule has 0 aliphatic rings. The summed E-state index contributed by atoms with van der Waals surface area (Å²) in [4.78, 5) is 0. The molecule has 1 heterocycles. The van der Waals surface area contributed by atoms with Crippen LogP contribution in [-0.4, -0.2) is 4.57 Å². The van der Waals surface area contributed by atoms with Gasteiger partial charge in [0.25, 0.3) is 6.33 Å². The summed E-state index contributed by atoms with van der Waals surface area (Å²) in [5.41, 5.74) is 7.32. The lowest BCUT2D eigenvalue weighted by Gasteiger charge is -1.98. The molecule has 4 rings (SSSR count). The Morgan fingerprint density at radius 1 is 0.680 bits per heavy atom. The highest BCUT2D eigenvalue weighted by Gasteiger charge is 2.18. The first-order chi connectivity index (χ1) is 12.2. The zero-order chi connectivity index (χ0) is 17.8. The van der Waals surface area contributed by atoms with Crippen molar-refractivity contribution in [3.63, 3.8) is 0 Å². The van der Waals surface area contributed by atoms with Crippen molar-refractivity contribution in [2.45, 2.75) is 27.7 Å². The zero-order valence-electron chi connectivity index (χ0n) is 15.4. The molecule has 0 aliphatic heterocycles. The van der Waals surface area contributed by atoms with Crippen molar-refractivity contribution < 1.29 is 4.57 Å². The molecule has 0 saturated heterocycles. The largest absolute Gasteiger partial charge is 0.255 e. The number of aryl methyl sites for hydroxylation is 2. The summed E-state index contributed by atoms with van der Waals surface area (Å²) in [5.74, 6) is 0. The second-order valence-electron chi connectivity index (χ2n) is 6.02. The van der Waals surface area contributed by atoms with Crippen LogP contribution >= 0.6 is 0 Å². The van der Waals surface area contributed by atoms with Gasteiger partial charge >= 0.3 is 0 Å². The third kappa shape index (κ3) is 3.34. The van der Waals surface area contributed by atoms with E-state index >= 15 is 0 Å². The first-order valence-electron chi connectivity index (χ1n) is 8.88. The van der Waals surface area contributed by atoms with Gasteiger partial charge in [-0.25, -0.2) is 0 Å². The molecule has 0 radical (unpaired) electrons. The molecule has 0 amide bonds. The molecule has 0 saturated carbocycles. The number of nitrogens with zero attached hydrogens (tertiary/aromatic N) is 2. The molecule has 0 spiro atoms. The Kier molecular flexibility index (Phi) is 4.99. The Hall–Kier alpha value is -2.87. The molecule has 0 N–H and O–H groups in total. The second kappa shape index (κ2) is 7.35. The Morgan fingerprint density at radius 3 is 1.88 bits per heavy atom. The van der Waals surface area contributed by atoms with Gasteiger partial charge in [0.2, 0.25) is 0 Å². The fourth-order valence-electron chi connectivity index (χ4n) is 2.93. The predicted octanol–water partition coefficient (Wildman–Crippen LogP) is 5.55. The molecule has 0 unspecified atom stereocenters. The maximum atomic E-state index is 2.24. The third-order valence-electron chi connectivity index (χ3n) is 4.26. The van der Waals surface area contributed by atoms with E-state index in [4.69, 9.17) is 0 Å². The summed E-state index contributed by atoms with van der Waals surface area (Å²) in [6.45, 7) is 8.23. The van der Waals surface area contributed by atoms with E-state index in [2.05, 4.69) is 102 Å². The molecule has 25 heavy (non-hydrogen) atoms. The van der Waals surface area contributed by atoms with Gasteiger partial charge in [-0.15, -0.1) is 0 Å². The summed E-state index contributed by atoms with van der Waals surface area (Å²) >= 11 is 0. The number of rotatable bonds is 2. The van der Waals surface area contributed by atoms with E-state index in [1.54, 1.807) is 0 Å². The van der Waals surface area contributed by atoms with Gasteiger partial charge in [0, 0.05) is 0 Å². The van der Waals surface area contributed by atoms with E-state index < -0.39 is 0 Å². The van der Waals surface area contributed by atoms with Crippen molar-refractivity contribution in [1.82, 2.24) is 4.57 Å². The highest BCUT2D eigenvalue weighted by molar-refractivity contribution is 5.74. The molecule has 3 aromatic carbocycles. The molecule has 126 valence electrons. The Balaban J connectivity index is 0.000000880. The van der Waals surface area contributed by atoms with Crippen LogP contribution in [0.4, 0.5) is 0 Å². The summed E-state index contributed by atoms with van der Waals surface area (Å²) < 4.78 is 4.49. The Labute approximate surface area is 150 Å². The van der Waals surface area contributed by atoms with Crippen LogP contribution in [0.5, 0.6) is 0 Å². The van der Waals surface area contributed by atoms with Crippen LogP contribution in [0.2, 0.25) is 0 Å². The summed E-state index contributed by atoms with van der Waals surface area (Å²) in [5, 5.41) is 0. The van der Waals surface area contributed by atoms with Crippen molar-refractivity contribution in [2.24, 2.45) is 0 Å². The first kappa shape index (κ1) is 17.0. The Morgan fingerprint density at radius 2 is 1.24 bits per heavy atom. The van der Waals surface area contributed by atoms with Gasteiger partial charge in [0.15, 0.2) is 11.0 Å². The normalized spacial score (nSPS) is 10.4. The van der Waals surface area contributed by atoms with Crippen molar-refractivity contribution >= 4 is 11.0 Å². The average Bonchev–Trinajstić information content (AvgIpc) is 3.04. The minimum Gasteiger partial charge on any atom is -0.195 e. The number of imidazole rings is 1. The molecular weight excluding hydrogens is 304 g/mol. The summed E-state index contributed by atoms with van der Waals surface area (Å²) in [7, 11) is 0. The van der Waals surface area contributed by atoms with Crippen molar-refractivity contribution in [3.05, 3.63) is 90.3 Å². The quantitative estimate of drug-likeness (QED) is 0.426. The van der Waals surface area contributed by atoms with E-state index in [1.807, 2.05) is 13.8 Å². The highest BCUT2D eigenvalue weighted by atomic mass is 15.1. The van der Waals surface area contributed by atoms with Crippen LogP contribution in [0.1, 0.15) is 25.0 Å². The third-order valence-corrected chi connectivity index (χ3v) is 4.26. The van der Waals surface area contributed by atoms with Crippen molar-refractivity contribution in [1.29, 1.82) is 0 Å². The van der Waals surface area contributed by atoms with Crippen LogP contribution in [-0.2, 0) is 0 Å². The zero-order valence-corrected chi connectivity index (χ0v) is 15.4. The molecule has 0 bridgehead atoms. The van der Waals surface area contributed by atoms with Crippen LogP contribution in [0, 0.1) is 13.8 Å². The van der Waals surface area contributed by atoms with Gasteiger partial charge in [0.05, 0.1) is 0 Å². The van der Waals surface area contributed by atoms with Crippen molar-refractivity contribution in [2.75, 3.05) is 0 Å². The number of para-hydroxylation sites is 2. The molecule has 2 heteroatoms. The number of hydrogen-bond acceptors (Lipinski definition) is 0. The molecule has 0 atom stereocenters. The summed E-state index contributed by atoms with van der Waals surface area (Å²) in [6, 6.07) is 25.8. The highest BCUT2D eigenvalue weighted by Crippen LogP contribution is 2.19. The standard InChI is InChI=1S/C21H19N2.C2H6/c1-16-7-11-18(12-8-16)22-15-23(19-13-9-17(2)10-14-19)21-6-4-3-5-20(21)22;1-2/h3-15H,1-2H3;1-2H3/q+1;. The van der Waals surface area contributed by atoms with Gasteiger partial charge in [-0.05, 0) is 50.2 Å². The fraction of sp³-hybridized carbons (Fsp3) is 0.174. The van der Waals surface area contributed by atoms with Crippen LogP contribution < -0.4 is 4.57 Å². The molecular formula is C23H25N2+. The predicted molar refractivity (Wildman–Crippen MR) is 106 cm³/mol. The first-order valence-corrected chi connectivity index (χ1v) is 8.88. The maximum Gasteiger partial charge on any atom is 0.255 e. The lowest BCUT2D eigenvalue weighted by atomic mass is 10.2. The van der Waals surface area contributed by atoms with Gasteiger partial charge < -0.3 is 0 Å². The Bertz CT molecular complexity index is 882. The lowest BCUT2D eigenvalue weighted by Crippen LogP contribution is -2.28. The van der Waals surface area contributed by atoms with Crippen LogP contribution in [0.15, 0.2) is 79.1 Å². The van der Waals surface area contributed by atoms with Gasteiger partial charge in [-0.3, -0.25) is 0 Å². The molecule has 0 aliphatic carbocycles. The number of fused-ring (bicyclic) bond motifs is 1. The monoisotopic (exact) mass is 329 g/mol. The lowest BCUT2D eigenvalue weighted by molar-refractivity contribution is -0.567. The molecule has 1 aromatic heterocycles. The molecule has 2 nitrogen and oxygen atoms in total. The van der Waals surface area contributed by atoms with Gasteiger partial charge in [-0.1, -0.05) is 61.4 Å². The van der Waals surface area contributed by atoms with Crippen LogP contribution in [0.25, 0.3) is 22.4 Å². The summed E-state index contributed by atoms with van der Waals surface area (Å²) in [6.07, 6.45) is 2.17. The molecule has 4 aromatic rings. The topological polar surface area (TPSA) is 8.81 Å². The van der Waals surface area contributed by atoms with Crippen molar-refractivity contribution in [3.8, 4) is 11.4 Å². The number of hydrogen-bond donors (Lipinski definition) is 0. The SMILES string of the molecule is CC.Cc1ccc(-n2c[n+](-c3ccc(C)cc3)c3ccccc32)cc1. The fourth-order valence-corrected chi connectivity index (χ4v) is 2.93. The van der Waals surface area contributed by atoms with E-state index in [-0.39, 0.29) is 0 Å². The minimum atomic E-state index is 1.18. The van der Waals surface area contributed by atoms with Gasteiger partial charge in [-0.2, -0.15) is 9.13 Å². The van der Waals surface area contributed by atoms with E-state index in [0.717, 1.165) is 0 Å². The average molecular weight is 329 g/mol. The van der Waals surface area contributed by atoms with E-state index in [0.29, 0.717) is 0 Å². The number of benzene rings is 3. The second-order valence-corrected chi connectivity index (χ2v) is 6.02. The maximum absolute atomic E-state index is 2.24.